The van der Waals surface area contributed by atoms with Crippen LogP contribution in [0.2, 0.25) is 0 Å². The second kappa shape index (κ2) is 6.22. The monoisotopic (exact) mass is 346 g/mol. The van der Waals surface area contributed by atoms with Crippen LogP contribution in [0.4, 0.5) is 0 Å². The first-order valence-electron chi connectivity index (χ1n) is 8.81. The van der Waals surface area contributed by atoms with Crippen LogP contribution >= 0.6 is 0 Å². The fourth-order valence-electron chi connectivity index (χ4n) is 3.62. The van der Waals surface area contributed by atoms with Crippen LogP contribution in [0.15, 0.2) is 36.0 Å². The number of esters is 1. The third-order valence-corrected chi connectivity index (χ3v) is 5.53. The zero-order chi connectivity index (χ0) is 18.4. The number of aliphatic hydroxyl groups is 1. The summed E-state index contributed by atoms with van der Waals surface area (Å²) in [6.07, 6.45) is 6.90. The van der Waals surface area contributed by atoms with Gasteiger partial charge in [-0.15, -0.1) is 0 Å². The number of carbonyl (C=O) groups is 2. The van der Waals surface area contributed by atoms with Crippen molar-refractivity contribution in [3.05, 3.63) is 36.0 Å². The quantitative estimate of drug-likeness (QED) is 0.316. The molecule has 0 aromatic heterocycles. The second-order valence-corrected chi connectivity index (χ2v) is 7.86. The molecular weight excluding hydrogens is 320 g/mol. The molecule has 5 atom stereocenters. The molecule has 136 valence electrons. The molecule has 1 N–H and O–H groups in total. The number of ketones is 1. The van der Waals surface area contributed by atoms with E-state index in [0.29, 0.717) is 24.8 Å². The van der Waals surface area contributed by atoms with E-state index in [4.69, 9.17) is 9.47 Å². The maximum Gasteiger partial charge on any atom is 0.334 e. The van der Waals surface area contributed by atoms with E-state index in [1.54, 1.807) is 19.9 Å². The predicted molar refractivity (Wildman–Crippen MR) is 92.8 cm³/mol. The molecule has 0 spiro atoms. The summed E-state index contributed by atoms with van der Waals surface area (Å²) in [6.45, 7) is 9.31. The molecule has 2 saturated heterocycles. The summed E-state index contributed by atoms with van der Waals surface area (Å²) in [4.78, 5) is 24.7. The van der Waals surface area contributed by atoms with Crippen molar-refractivity contribution in [2.24, 2.45) is 5.92 Å². The molecular formula is C20H26O5. The van der Waals surface area contributed by atoms with Crippen molar-refractivity contribution < 1.29 is 24.2 Å². The van der Waals surface area contributed by atoms with Crippen LogP contribution in [0.3, 0.4) is 0 Å². The van der Waals surface area contributed by atoms with E-state index in [2.05, 4.69) is 6.58 Å². The van der Waals surface area contributed by atoms with Gasteiger partial charge in [0.05, 0.1) is 11.7 Å². The fourth-order valence-corrected chi connectivity index (χ4v) is 3.62. The molecule has 0 aromatic carbocycles. The van der Waals surface area contributed by atoms with Gasteiger partial charge in [0, 0.05) is 17.9 Å². The van der Waals surface area contributed by atoms with Gasteiger partial charge in [-0.05, 0) is 46.1 Å². The van der Waals surface area contributed by atoms with Crippen molar-refractivity contribution in [3.8, 4) is 0 Å². The van der Waals surface area contributed by atoms with Gasteiger partial charge >= 0.3 is 5.97 Å². The lowest BCUT2D eigenvalue weighted by Crippen LogP contribution is -2.30. The number of carbonyl (C=O) groups excluding carboxylic acids is 2. The first kappa shape index (κ1) is 18.1. The first-order chi connectivity index (χ1) is 11.6. The van der Waals surface area contributed by atoms with Crippen molar-refractivity contribution in [3.63, 3.8) is 0 Å². The fraction of sp³-hybridized carbons (Fsp3) is 0.600. The van der Waals surface area contributed by atoms with Crippen LogP contribution in [-0.2, 0) is 19.1 Å². The second-order valence-electron chi connectivity index (χ2n) is 7.86. The Morgan fingerprint density at radius 3 is 2.76 bits per heavy atom. The molecule has 2 fully saturated rings. The molecule has 2 aliphatic heterocycles. The molecule has 5 nitrogen and oxygen atoms in total. The standard InChI is InChI=1S/C20H26O5/c1-12-6-5-8-19(3,23)9-7-17-20(4,25-17)16(21)11-14-13(2)18(22)24-15(14)10-12/h5,8,10,14-15,17,23H,2,6-7,9,11H2,1,3-4H3. The van der Waals surface area contributed by atoms with E-state index in [9.17, 15) is 14.7 Å². The number of allylic oxidation sites excluding steroid dienone is 2. The van der Waals surface area contributed by atoms with Crippen molar-refractivity contribution in [2.45, 2.75) is 69.9 Å². The van der Waals surface area contributed by atoms with Gasteiger partial charge in [-0.3, -0.25) is 4.79 Å². The molecule has 25 heavy (non-hydrogen) atoms. The van der Waals surface area contributed by atoms with Crippen LogP contribution < -0.4 is 0 Å². The summed E-state index contributed by atoms with van der Waals surface area (Å²) in [5, 5.41) is 10.4. The molecule has 0 amide bonds. The first-order valence-corrected chi connectivity index (χ1v) is 8.81. The van der Waals surface area contributed by atoms with Crippen LogP contribution in [-0.4, -0.2) is 40.3 Å². The van der Waals surface area contributed by atoms with E-state index in [0.717, 1.165) is 5.57 Å². The third-order valence-electron chi connectivity index (χ3n) is 5.53. The third kappa shape index (κ3) is 3.62. The van der Waals surface area contributed by atoms with E-state index >= 15 is 0 Å². The molecule has 0 radical (unpaired) electrons. The topological polar surface area (TPSA) is 76.1 Å². The Kier molecular flexibility index (Phi) is 4.50. The average molecular weight is 346 g/mol. The Balaban J connectivity index is 1.89. The van der Waals surface area contributed by atoms with Gasteiger partial charge in [-0.25, -0.2) is 4.79 Å². The largest absolute Gasteiger partial charge is 0.454 e. The Hall–Kier alpha value is -1.72. The number of ether oxygens (including phenoxy) is 2. The molecule has 5 unspecified atom stereocenters. The number of hydrogen-bond donors (Lipinski definition) is 1. The van der Waals surface area contributed by atoms with Crippen LogP contribution in [0.1, 0.15) is 46.5 Å². The molecule has 5 heteroatoms. The molecule has 3 rings (SSSR count). The molecule has 0 aromatic rings. The van der Waals surface area contributed by atoms with Crippen LogP contribution in [0.25, 0.3) is 0 Å². The van der Waals surface area contributed by atoms with Gasteiger partial charge in [0.1, 0.15) is 11.7 Å². The zero-order valence-electron chi connectivity index (χ0n) is 15.1. The van der Waals surface area contributed by atoms with Crippen molar-refractivity contribution in [1.29, 1.82) is 0 Å². The van der Waals surface area contributed by atoms with Gasteiger partial charge in [-0.1, -0.05) is 24.3 Å². The van der Waals surface area contributed by atoms with Gasteiger partial charge in [0.15, 0.2) is 5.78 Å². The molecule has 0 saturated carbocycles. The number of hydrogen-bond acceptors (Lipinski definition) is 5. The highest BCUT2D eigenvalue weighted by atomic mass is 16.6. The SMILES string of the molecule is C=C1C(=O)OC2C=C(C)CC=CC(C)(O)CCC3OC3(C)C(=O)CC12. The van der Waals surface area contributed by atoms with Gasteiger partial charge < -0.3 is 14.6 Å². The predicted octanol–water partition coefficient (Wildman–Crippen LogP) is 2.64. The van der Waals surface area contributed by atoms with Crippen LogP contribution in [0, 0.1) is 5.92 Å². The summed E-state index contributed by atoms with van der Waals surface area (Å²) in [6, 6.07) is 0. The Labute approximate surface area is 148 Å². The van der Waals surface area contributed by atoms with E-state index in [1.807, 2.05) is 19.1 Å². The number of epoxide rings is 1. The van der Waals surface area contributed by atoms with E-state index < -0.39 is 23.3 Å². The summed E-state index contributed by atoms with van der Waals surface area (Å²) in [7, 11) is 0. The van der Waals surface area contributed by atoms with Gasteiger partial charge in [0.2, 0.25) is 0 Å². The van der Waals surface area contributed by atoms with Gasteiger partial charge in [0.25, 0.3) is 0 Å². The highest BCUT2D eigenvalue weighted by Gasteiger charge is 2.58. The Bertz CT molecular complexity index is 672. The minimum absolute atomic E-state index is 0.0368. The van der Waals surface area contributed by atoms with Crippen LogP contribution in [0.5, 0.6) is 0 Å². The van der Waals surface area contributed by atoms with E-state index in [-0.39, 0.29) is 24.2 Å². The number of fused-ring (bicyclic) bond motifs is 2. The van der Waals surface area contributed by atoms with Crippen molar-refractivity contribution >= 4 is 11.8 Å². The van der Waals surface area contributed by atoms with Gasteiger partial charge in [-0.2, -0.15) is 0 Å². The van der Waals surface area contributed by atoms with E-state index in [1.165, 1.54) is 0 Å². The molecule has 0 bridgehead atoms. The molecule has 2 heterocycles. The maximum atomic E-state index is 12.8. The highest BCUT2D eigenvalue weighted by molar-refractivity contribution is 5.95. The Morgan fingerprint density at radius 1 is 1.32 bits per heavy atom. The smallest absolute Gasteiger partial charge is 0.334 e. The zero-order valence-corrected chi connectivity index (χ0v) is 15.1. The lowest BCUT2D eigenvalue weighted by molar-refractivity contribution is -0.137. The molecule has 1 aliphatic carbocycles. The average Bonchev–Trinajstić information content (AvgIpc) is 3.13. The number of Topliss-reactive ketones (excluding diaryl/α,β-unsaturated/α-hetero) is 1. The maximum absolute atomic E-state index is 12.8. The summed E-state index contributed by atoms with van der Waals surface area (Å²) in [5.74, 6) is -0.815. The van der Waals surface area contributed by atoms with Crippen molar-refractivity contribution in [1.82, 2.24) is 0 Å². The Morgan fingerprint density at radius 2 is 2.04 bits per heavy atom. The summed E-state index contributed by atoms with van der Waals surface area (Å²) < 4.78 is 11.1. The van der Waals surface area contributed by atoms with Crippen molar-refractivity contribution in [2.75, 3.05) is 0 Å². The summed E-state index contributed by atoms with van der Waals surface area (Å²) >= 11 is 0. The minimum Gasteiger partial charge on any atom is -0.454 e. The highest BCUT2D eigenvalue weighted by Crippen LogP contribution is 2.44. The normalized spacial score (nSPS) is 42.2. The molecule has 3 aliphatic rings. The minimum atomic E-state index is -0.934. The lowest BCUT2D eigenvalue weighted by atomic mass is 9.84. The summed E-state index contributed by atoms with van der Waals surface area (Å²) in [5.41, 5.74) is -0.398. The number of rotatable bonds is 0. The lowest BCUT2D eigenvalue weighted by Gasteiger charge is -2.20.